The maximum Gasteiger partial charge on any atom is 0.239 e. The minimum absolute atomic E-state index is 0.0411. The minimum atomic E-state index is -2.43. The second-order valence-corrected chi connectivity index (χ2v) is 21.2. The van der Waals surface area contributed by atoms with Crippen LogP contribution in [-0.2, 0) is 30.0 Å². The van der Waals surface area contributed by atoms with E-state index < -0.39 is 20.5 Å². The summed E-state index contributed by atoms with van der Waals surface area (Å²) in [7, 11) is -3.52. The third-order valence-electron chi connectivity index (χ3n) is 12.0. The summed E-state index contributed by atoms with van der Waals surface area (Å²) in [5.41, 5.74) is 4.57. The minimum Gasteiger partial charge on any atom is -0.377 e. The highest BCUT2D eigenvalue weighted by Gasteiger charge is 2.44. The fourth-order valence-electron chi connectivity index (χ4n) is 8.33. The lowest BCUT2D eigenvalue weighted by molar-refractivity contribution is 0.0985. The van der Waals surface area contributed by atoms with Crippen molar-refractivity contribution in [3.63, 3.8) is 0 Å². The number of ether oxygens (including phenoxy) is 2. The Bertz CT molecular complexity index is 2730. The summed E-state index contributed by atoms with van der Waals surface area (Å²) in [6, 6.07) is 18.3. The van der Waals surface area contributed by atoms with Crippen LogP contribution < -0.4 is 15.1 Å². The number of rotatable bonds is 12. The van der Waals surface area contributed by atoms with Gasteiger partial charge in [0.05, 0.1) is 70.3 Å². The summed E-state index contributed by atoms with van der Waals surface area (Å²) in [4.78, 5) is 33.5. The molecule has 2 aromatic carbocycles. The molecule has 10 rings (SSSR count). The predicted molar refractivity (Wildman–Crippen MR) is 235 cm³/mol. The number of para-hydroxylation sites is 2. The molecule has 18 heteroatoms. The highest BCUT2D eigenvalue weighted by atomic mass is 32.2. The van der Waals surface area contributed by atoms with Gasteiger partial charge in [-0.15, -0.1) is 0 Å². The first kappa shape index (κ1) is 39.1. The number of benzene rings is 2. The lowest BCUT2D eigenvalue weighted by Crippen LogP contribution is -2.44. The summed E-state index contributed by atoms with van der Waals surface area (Å²) in [6.45, 7) is 10.6. The molecule has 16 nitrogen and oxygen atoms in total. The van der Waals surface area contributed by atoms with Crippen LogP contribution in [0.2, 0.25) is 0 Å². The summed E-state index contributed by atoms with van der Waals surface area (Å²) in [5.74, 6) is 3.75. The summed E-state index contributed by atoms with van der Waals surface area (Å²) < 4.78 is 47.3. The molecule has 2 aliphatic heterocycles. The smallest absolute Gasteiger partial charge is 0.239 e. The van der Waals surface area contributed by atoms with E-state index in [1.165, 1.54) is 0 Å². The van der Waals surface area contributed by atoms with E-state index in [0.717, 1.165) is 65.1 Å². The Labute approximate surface area is 351 Å². The Kier molecular flexibility index (Phi) is 10.3. The van der Waals surface area contributed by atoms with Crippen molar-refractivity contribution >= 4 is 65.9 Å². The Hall–Kier alpha value is -5.04. The van der Waals surface area contributed by atoms with E-state index in [2.05, 4.69) is 50.4 Å². The lowest BCUT2D eigenvalue weighted by atomic mass is 10.1. The van der Waals surface area contributed by atoms with Crippen molar-refractivity contribution in [2.45, 2.75) is 73.8 Å². The van der Waals surface area contributed by atoms with Crippen LogP contribution in [-0.4, -0.2) is 128 Å². The van der Waals surface area contributed by atoms with Gasteiger partial charge in [-0.05, 0) is 75.8 Å². The molecule has 2 saturated carbocycles. The number of aromatic nitrogens is 8. The first-order valence-corrected chi connectivity index (χ1v) is 24.1. The van der Waals surface area contributed by atoms with E-state index in [-0.39, 0.29) is 33.8 Å². The Balaban J connectivity index is 0.859. The van der Waals surface area contributed by atoms with Gasteiger partial charge in [-0.3, -0.25) is 13.3 Å². The quantitative estimate of drug-likeness (QED) is 0.166. The summed E-state index contributed by atoms with van der Waals surface area (Å²) in [5, 5.41) is 3.53. The van der Waals surface area contributed by atoms with Gasteiger partial charge >= 0.3 is 0 Å². The molecule has 4 aromatic heterocycles. The number of nitrogens with zero attached hydrogens (tertiary/aromatic N) is 11. The van der Waals surface area contributed by atoms with Gasteiger partial charge in [-0.2, -0.15) is 24.3 Å². The Morgan fingerprint density at radius 3 is 2.20 bits per heavy atom. The van der Waals surface area contributed by atoms with Crippen LogP contribution in [0.5, 0.6) is 0 Å². The largest absolute Gasteiger partial charge is 0.377 e. The number of morpholine rings is 2. The van der Waals surface area contributed by atoms with Crippen LogP contribution in [0.4, 0.5) is 23.3 Å². The molecule has 1 N–H and O–H groups in total. The lowest BCUT2D eigenvalue weighted by Gasteiger charge is -2.34. The van der Waals surface area contributed by atoms with Crippen LogP contribution in [0, 0.1) is 0 Å². The molecule has 60 heavy (non-hydrogen) atoms. The van der Waals surface area contributed by atoms with E-state index in [9.17, 15) is 8.42 Å². The molecule has 2 saturated heterocycles. The molecular formula is C42H50N12O4S2. The molecule has 0 radical (unpaired) electrons. The fraction of sp³-hybridized carbons (Fsp3) is 0.476. The molecule has 0 bridgehead atoms. The standard InChI is InChI=1S/C42H50N12O4S2/c1-26-22-57-15-13-51(26)39-19-37(46-41(48-39)53-24-44-32-7-5-6-8-34(32)53)43-21-28(3)59(55)36-18-31(36)29-9-12-35-33(17-29)45-25-54(35)42-47-38(50-60(4,56)30-10-11-30)20-40(49-42)52-14-16-58-23-27(52)2/h5-9,12,17,19-20,24-28,30-31,36H,10-11,13-16,18,21-23H2,1-4H3,(H,43,46,48)/t26-,27-,28-,31?,36?,59?,60?/m1/s1. The molecule has 7 atom stereocenters. The van der Waals surface area contributed by atoms with Crippen LogP contribution in [0.15, 0.2) is 71.6 Å². The zero-order chi connectivity index (χ0) is 41.1. The zero-order valence-electron chi connectivity index (χ0n) is 34.3. The Morgan fingerprint density at radius 2 is 1.50 bits per heavy atom. The fourth-order valence-corrected chi connectivity index (χ4v) is 11.7. The van der Waals surface area contributed by atoms with E-state index in [4.69, 9.17) is 34.4 Å². The zero-order valence-corrected chi connectivity index (χ0v) is 35.9. The van der Waals surface area contributed by atoms with Crippen molar-refractivity contribution in [3.8, 4) is 11.9 Å². The third-order valence-corrected chi connectivity index (χ3v) is 16.3. The van der Waals surface area contributed by atoms with Crippen molar-refractivity contribution in [1.82, 2.24) is 39.0 Å². The van der Waals surface area contributed by atoms with Crippen molar-refractivity contribution in [3.05, 3.63) is 72.8 Å². The molecule has 4 unspecified atom stereocenters. The normalized spacial score (nSPS) is 24.0. The first-order chi connectivity index (χ1) is 29.1. The second kappa shape index (κ2) is 15.8. The number of imidazole rings is 2. The predicted octanol–water partition coefficient (Wildman–Crippen LogP) is 5.39. The number of fused-ring (bicyclic) bond motifs is 2. The van der Waals surface area contributed by atoms with Gasteiger partial charge in [0.25, 0.3) is 0 Å². The molecule has 4 aliphatic rings. The number of hydrogen-bond acceptors (Lipinski definition) is 14. The van der Waals surface area contributed by atoms with Gasteiger partial charge in [0.1, 0.15) is 30.1 Å². The maximum absolute atomic E-state index is 14.0. The molecule has 314 valence electrons. The average molecular weight is 851 g/mol. The molecular weight excluding hydrogens is 801 g/mol. The Morgan fingerprint density at radius 1 is 0.850 bits per heavy atom. The SMILES string of the molecule is C[C@@H]1COCCN1c1cc(N=S(C)(=O)C2CC2)nc(-n2cnc3cc(C4CC4S(=O)[C@H](C)CNc4cc(N5CCOC[C@H]5C)nc(-n5cnc6ccccc65)n4)ccc32)n1. The highest BCUT2D eigenvalue weighted by molar-refractivity contribution is 7.93. The van der Waals surface area contributed by atoms with Gasteiger partial charge in [-0.1, -0.05) is 18.2 Å². The van der Waals surface area contributed by atoms with Gasteiger partial charge in [-0.25, -0.2) is 14.2 Å². The molecule has 0 spiro atoms. The van der Waals surface area contributed by atoms with E-state index >= 15 is 0 Å². The van der Waals surface area contributed by atoms with Crippen LogP contribution in [0.25, 0.3) is 34.0 Å². The van der Waals surface area contributed by atoms with E-state index in [1.807, 2.05) is 58.5 Å². The third kappa shape index (κ3) is 7.74. The second-order valence-electron chi connectivity index (χ2n) is 16.5. The van der Waals surface area contributed by atoms with Crippen LogP contribution >= 0.6 is 0 Å². The number of anilines is 3. The van der Waals surface area contributed by atoms with E-state index in [0.29, 0.717) is 63.0 Å². The van der Waals surface area contributed by atoms with Crippen molar-refractivity contribution < 1.29 is 17.9 Å². The van der Waals surface area contributed by atoms with Crippen molar-refractivity contribution in [2.75, 3.05) is 67.4 Å². The van der Waals surface area contributed by atoms with E-state index in [1.54, 1.807) is 18.9 Å². The van der Waals surface area contributed by atoms with Crippen molar-refractivity contribution in [2.24, 2.45) is 4.36 Å². The summed E-state index contributed by atoms with van der Waals surface area (Å²) in [6.07, 6.45) is 7.92. The maximum atomic E-state index is 14.0. The molecule has 6 heterocycles. The first-order valence-electron chi connectivity index (χ1n) is 20.8. The average Bonchev–Trinajstić information content (AvgIpc) is 4.18. The monoisotopic (exact) mass is 850 g/mol. The molecule has 4 fully saturated rings. The van der Waals surface area contributed by atoms with Crippen LogP contribution in [0.3, 0.4) is 0 Å². The van der Waals surface area contributed by atoms with Crippen molar-refractivity contribution in [1.29, 1.82) is 0 Å². The number of hydrogen-bond donors (Lipinski definition) is 1. The molecule has 0 amide bonds. The highest BCUT2D eigenvalue weighted by Crippen LogP contribution is 2.46. The summed E-state index contributed by atoms with van der Waals surface area (Å²) >= 11 is 0. The number of nitrogens with one attached hydrogen (secondary N) is 1. The molecule has 2 aliphatic carbocycles. The topological polar surface area (TPSA) is 171 Å². The van der Waals surface area contributed by atoms with Gasteiger partial charge in [0.15, 0.2) is 5.82 Å². The van der Waals surface area contributed by atoms with Gasteiger partial charge in [0, 0.05) is 64.6 Å². The van der Waals surface area contributed by atoms with Gasteiger partial charge in [0.2, 0.25) is 11.9 Å². The van der Waals surface area contributed by atoms with Gasteiger partial charge < -0.3 is 24.6 Å². The molecule has 6 aromatic rings. The van der Waals surface area contributed by atoms with Crippen LogP contribution in [0.1, 0.15) is 51.5 Å².